The standard InChI is InChI=1S/C11H17N3/c1-4-8-7(2)9(12)14-10(13-8)11(3)5-6-11/h4-6H2,1-3H3,(H2,12,13,14). The zero-order valence-corrected chi connectivity index (χ0v) is 9.09. The highest BCUT2D eigenvalue weighted by molar-refractivity contribution is 5.42. The van der Waals surface area contributed by atoms with E-state index in [4.69, 9.17) is 5.73 Å². The SMILES string of the molecule is CCc1nc(C2(C)CC2)nc(N)c1C. The van der Waals surface area contributed by atoms with Gasteiger partial charge in [0.25, 0.3) is 0 Å². The number of nitrogens with two attached hydrogens (primary N) is 1. The molecule has 0 aromatic carbocycles. The molecule has 2 rings (SSSR count). The van der Waals surface area contributed by atoms with Crippen LogP contribution < -0.4 is 5.73 Å². The third-order valence-electron chi connectivity index (χ3n) is 3.16. The molecule has 1 aliphatic rings. The van der Waals surface area contributed by atoms with Gasteiger partial charge in [0, 0.05) is 16.7 Å². The summed E-state index contributed by atoms with van der Waals surface area (Å²) in [6, 6.07) is 0. The summed E-state index contributed by atoms with van der Waals surface area (Å²) in [4.78, 5) is 8.98. The summed E-state index contributed by atoms with van der Waals surface area (Å²) in [6.45, 7) is 6.30. The van der Waals surface area contributed by atoms with E-state index in [9.17, 15) is 0 Å². The van der Waals surface area contributed by atoms with Gasteiger partial charge in [-0.3, -0.25) is 0 Å². The van der Waals surface area contributed by atoms with Gasteiger partial charge in [-0.25, -0.2) is 9.97 Å². The minimum Gasteiger partial charge on any atom is -0.383 e. The average Bonchev–Trinajstić information content (AvgIpc) is 2.89. The average molecular weight is 191 g/mol. The fraction of sp³-hybridized carbons (Fsp3) is 0.636. The van der Waals surface area contributed by atoms with Crippen molar-refractivity contribution >= 4 is 5.82 Å². The van der Waals surface area contributed by atoms with Crippen LogP contribution >= 0.6 is 0 Å². The van der Waals surface area contributed by atoms with Gasteiger partial charge in [0.2, 0.25) is 0 Å². The fourth-order valence-corrected chi connectivity index (χ4v) is 1.61. The van der Waals surface area contributed by atoms with Crippen molar-refractivity contribution in [2.24, 2.45) is 0 Å². The molecule has 3 heteroatoms. The van der Waals surface area contributed by atoms with Crippen molar-refractivity contribution in [2.75, 3.05) is 5.73 Å². The highest BCUT2D eigenvalue weighted by Crippen LogP contribution is 2.46. The Morgan fingerprint density at radius 1 is 1.36 bits per heavy atom. The molecule has 1 fully saturated rings. The number of nitrogens with zero attached hydrogens (tertiary/aromatic N) is 2. The summed E-state index contributed by atoms with van der Waals surface area (Å²) in [6.07, 6.45) is 3.32. The van der Waals surface area contributed by atoms with Crippen LogP contribution in [0.15, 0.2) is 0 Å². The van der Waals surface area contributed by atoms with E-state index in [0.29, 0.717) is 5.82 Å². The molecule has 14 heavy (non-hydrogen) atoms. The van der Waals surface area contributed by atoms with E-state index in [1.807, 2.05) is 6.92 Å². The smallest absolute Gasteiger partial charge is 0.136 e. The van der Waals surface area contributed by atoms with Crippen LogP contribution in [0.25, 0.3) is 0 Å². The maximum absolute atomic E-state index is 5.87. The Bertz CT molecular complexity index is 367. The van der Waals surface area contributed by atoms with Gasteiger partial charge >= 0.3 is 0 Å². The number of aryl methyl sites for hydroxylation is 1. The van der Waals surface area contributed by atoms with Crippen molar-refractivity contribution in [1.82, 2.24) is 9.97 Å². The molecule has 0 atom stereocenters. The molecule has 0 amide bonds. The van der Waals surface area contributed by atoms with Crippen LogP contribution in [0.3, 0.4) is 0 Å². The predicted octanol–water partition coefficient (Wildman–Crippen LogP) is 1.98. The van der Waals surface area contributed by atoms with E-state index < -0.39 is 0 Å². The van der Waals surface area contributed by atoms with Crippen molar-refractivity contribution in [3.05, 3.63) is 17.1 Å². The summed E-state index contributed by atoms with van der Waals surface area (Å²) in [5.41, 5.74) is 8.22. The van der Waals surface area contributed by atoms with Crippen molar-refractivity contribution in [1.29, 1.82) is 0 Å². The van der Waals surface area contributed by atoms with Crippen LogP contribution in [-0.2, 0) is 11.8 Å². The molecular weight excluding hydrogens is 174 g/mol. The molecule has 1 heterocycles. The molecule has 3 nitrogen and oxygen atoms in total. The molecule has 76 valence electrons. The Balaban J connectivity index is 2.48. The van der Waals surface area contributed by atoms with Crippen molar-refractivity contribution in [3.8, 4) is 0 Å². The van der Waals surface area contributed by atoms with Crippen molar-refractivity contribution in [3.63, 3.8) is 0 Å². The number of hydrogen-bond donors (Lipinski definition) is 1. The normalized spacial score (nSPS) is 18.2. The van der Waals surface area contributed by atoms with Crippen LogP contribution in [0.1, 0.15) is 43.8 Å². The summed E-state index contributed by atoms with van der Waals surface area (Å²) in [5, 5.41) is 0. The fourth-order valence-electron chi connectivity index (χ4n) is 1.61. The van der Waals surface area contributed by atoms with Crippen LogP contribution in [0.2, 0.25) is 0 Å². The van der Waals surface area contributed by atoms with Crippen LogP contribution in [0.4, 0.5) is 5.82 Å². The van der Waals surface area contributed by atoms with Crippen LogP contribution in [-0.4, -0.2) is 9.97 Å². The molecule has 1 aliphatic carbocycles. The van der Waals surface area contributed by atoms with Gasteiger partial charge in [-0.15, -0.1) is 0 Å². The quantitative estimate of drug-likeness (QED) is 0.777. The van der Waals surface area contributed by atoms with Crippen molar-refractivity contribution in [2.45, 2.75) is 45.4 Å². The van der Waals surface area contributed by atoms with Gasteiger partial charge < -0.3 is 5.73 Å². The first kappa shape index (κ1) is 9.44. The number of nitrogen functional groups attached to an aromatic ring is 1. The summed E-state index contributed by atoms with van der Waals surface area (Å²) < 4.78 is 0. The molecule has 1 saturated carbocycles. The Morgan fingerprint density at radius 3 is 2.50 bits per heavy atom. The minimum atomic E-state index is 0.214. The molecule has 0 radical (unpaired) electrons. The third-order valence-corrected chi connectivity index (χ3v) is 3.16. The largest absolute Gasteiger partial charge is 0.383 e. The first-order valence-corrected chi connectivity index (χ1v) is 5.20. The van der Waals surface area contributed by atoms with Gasteiger partial charge in [0.1, 0.15) is 11.6 Å². The van der Waals surface area contributed by atoms with E-state index in [1.165, 1.54) is 12.8 Å². The monoisotopic (exact) mass is 191 g/mol. The van der Waals surface area contributed by atoms with E-state index in [2.05, 4.69) is 23.8 Å². The topological polar surface area (TPSA) is 51.8 Å². The van der Waals surface area contributed by atoms with Crippen LogP contribution in [0, 0.1) is 6.92 Å². The van der Waals surface area contributed by atoms with E-state index >= 15 is 0 Å². The van der Waals surface area contributed by atoms with E-state index in [0.717, 1.165) is 23.5 Å². The predicted molar refractivity (Wildman–Crippen MR) is 57.1 cm³/mol. The van der Waals surface area contributed by atoms with Gasteiger partial charge in [0.15, 0.2) is 0 Å². The first-order valence-electron chi connectivity index (χ1n) is 5.20. The maximum atomic E-state index is 5.87. The third kappa shape index (κ3) is 1.37. The molecule has 0 bridgehead atoms. The highest BCUT2D eigenvalue weighted by atomic mass is 15.0. The zero-order valence-electron chi connectivity index (χ0n) is 9.09. The zero-order chi connectivity index (χ0) is 10.3. The lowest BCUT2D eigenvalue weighted by Crippen LogP contribution is -2.12. The second-order valence-electron chi connectivity index (χ2n) is 4.42. The van der Waals surface area contributed by atoms with Gasteiger partial charge in [0.05, 0.1) is 0 Å². The summed E-state index contributed by atoms with van der Waals surface area (Å²) in [5.74, 6) is 1.59. The Kier molecular flexibility index (Phi) is 1.98. The van der Waals surface area contributed by atoms with Crippen LogP contribution in [0.5, 0.6) is 0 Å². The van der Waals surface area contributed by atoms with Gasteiger partial charge in [-0.1, -0.05) is 13.8 Å². The maximum Gasteiger partial charge on any atom is 0.136 e. The molecule has 0 saturated heterocycles. The lowest BCUT2D eigenvalue weighted by molar-refractivity contribution is 0.697. The highest BCUT2D eigenvalue weighted by Gasteiger charge is 2.42. The van der Waals surface area contributed by atoms with Gasteiger partial charge in [-0.2, -0.15) is 0 Å². The number of rotatable bonds is 2. The summed E-state index contributed by atoms with van der Waals surface area (Å²) in [7, 11) is 0. The van der Waals surface area contributed by atoms with E-state index in [-0.39, 0.29) is 5.41 Å². The molecular formula is C11H17N3. The lowest BCUT2D eigenvalue weighted by Gasteiger charge is -2.12. The minimum absolute atomic E-state index is 0.214. The number of anilines is 1. The molecule has 1 aromatic rings. The Hall–Kier alpha value is -1.12. The molecule has 0 unspecified atom stereocenters. The second-order valence-corrected chi connectivity index (χ2v) is 4.42. The van der Waals surface area contributed by atoms with Crippen molar-refractivity contribution < 1.29 is 0 Å². The molecule has 0 aliphatic heterocycles. The molecule has 0 spiro atoms. The van der Waals surface area contributed by atoms with Gasteiger partial charge in [-0.05, 0) is 26.2 Å². The Morgan fingerprint density at radius 2 is 2.00 bits per heavy atom. The first-order chi connectivity index (χ1) is 6.57. The molecule has 1 aromatic heterocycles. The van der Waals surface area contributed by atoms with E-state index in [1.54, 1.807) is 0 Å². The molecule has 2 N–H and O–H groups in total. The number of hydrogen-bond acceptors (Lipinski definition) is 3. The summed E-state index contributed by atoms with van der Waals surface area (Å²) >= 11 is 0. The lowest BCUT2D eigenvalue weighted by atomic mass is 10.1. The number of aromatic nitrogens is 2. The second kappa shape index (κ2) is 2.94. The Labute approximate surface area is 84.8 Å².